The van der Waals surface area contributed by atoms with Crippen LogP contribution in [-0.4, -0.2) is 41.1 Å². The lowest BCUT2D eigenvalue weighted by Crippen LogP contribution is -2.37. The molecule has 32 heavy (non-hydrogen) atoms. The normalized spacial score (nSPS) is 20.8. The molecule has 0 unspecified atom stereocenters. The maximum Gasteiger partial charge on any atom is 0.225 e. The van der Waals surface area contributed by atoms with Crippen LogP contribution in [0.4, 0.5) is 11.8 Å². The van der Waals surface area contributed by atoms with Crippen molar-refractivity contribution in [2.45, 2.75) is 70.0 Å². The molecule has 0 spiro atoms. The van der Waals surface area contributed by atoms with Crippen molar-refractivity contribution in [2.75, 3.05) is 24.3 Å². The first kappa shape index (κ1) is 21.7. The quantitative estimate of drug-likeness (QED) is 0.438. The lowest BCUT2D eigenvalue weighted by molar-refractivity contribution is 0.352. The van der Waals surface area contributed by atoms with E-state index >= 15 is 0 Å². The molecular formula is C25H33BrN6. The van der Waals surface area contributed by atoms with Crippen LogP contribution in [-0.2, 0) is 19.4 Å². The number of anilines is 2. The Bertz CT molecular complexity index is 1080. The maximum atomic E-state index is 4.90. The van der Waals surface area contributed by atoms with Gasteiger partial charge in [-0.15, -0.1) is 0 Å². The highest BCUT2D eigenvalue weighted by Crippen LogP contribution is 2.30. The summed E-state index contributed by atoms with van der Waals surface area (Å²) in [6.45, 7) is 0.902. The number of halogens is 1. The fourth-order valence-corrected chi connectivity index (χ4v) is 5.55. The first-order valence-electron chi connectivity index (χ1n) is 11.9. The van der Waals surface area contributed by atoms with Crippen LogP contribution in [0.15, 0.2) is 28.9 Å². The molecule has 3 N–H and O–H groups in total. The van der Waals surface area contributed by atoms with E-state index in [2.05, 4.69) is 74.9 Å². The lowest BCUT2D eigenvalue weighted by atomic mass is 9.91. The molecule has 0 atom stereocenters. The first-order chi connectivity index (χ1) is 15.6. The molecule has 0 aliphatic heterocycles. The van der Waals surface area contributed by atoms with Crippen LogP contribution in [0.3, 0.4) is 0 Å². The van der Waals surface area contributed by atoms with Crippen molar-refractivity contribution in [1.82, 2.24) is 20.3 Å². The molecule has 1 fully saturated rings. The van der Waals surface area contributed by atoms with Gasteiger partial charge in [-0.25, -0.2) is 4.98 Å². The number of rotatable bonds is 6. The summed E-state index contributed by atoms with van der Waals surface area (Å²) in [4.78, 5) is 15.3. The Kier molecular flexibility index (Phi) is 6.37. The summed E-state index contributed by atoms with van der Waals surface area (Å²) in [5.41, 5.74) is 5.13. The molecular weight excluding hydrogens is 464 g/mol. The zero-order valence-electron chi connectivity index (χ0n) is 19.0. The van der Waals surface area contributed by atoms with Gasteiger partial charge in [-0.05, 0) is 75.1 Å². The smallest absolute Gasteiger partial charge is 0.225 e. The number of hydrogen-bond donors (Lipinski definition) is 3. The van der Waals surface area contributed by atoms with E-state index in [0.29, 0.717) is 12.1 Å². The molecule has 2 aromatic heterocycles. The second-order valence-corrected chi connectivity index (χ2v) is 10.4. The van der Waals surface area contributed by atoms with Crippen molar-refractivity contribution in [3.8, 4) is 0 Å². The fourth-order valence-electron chi connectivity index (χ4n) is 5.18. The third kappa shape index (κ3) is 4.64. The maximum absolute atomic E-state index is 4.90. The van der Waals surface area contributed by atoms with Crippen molar-refractivity contribution >= 4 is 38.6 Å². The van der Waals surface area contributed by atoms with Crippen LogP contribution in [0.25, 0.3) is 10.9 Å². The van der Waals surface area contributed by atoms with Crippen molar-refractivity contribution in [1.29, 1.82) is 0 Å². The van der Waals surface area contributed by atoms with Gasteiger partial charge >= 0.3 is 0 Å². The minimum atomic E-state index is 0.453. The SMILES string of the molecule is CN(C)c1nc(N[C@H]2CC[C@@H](NCc3c[nH]c4ccc(Br)cc34)CC2)nc2c1CCCC2. The number of aryl methyl sites for hydroxylation is 1. The molecule has 3 aromatic rings. The molecule has 0 amide bonds. The van der Waals surface area contributed by atoms with E-state index in [9.17, 15) is 0 Å². The first-order valence-corrected chi connectivity index (χ1v) is 12.7. The van der Waals surface area contributed by atoms with E-state index in [1.54, 1.807) is 0 Å². The molecule has 5 rings (SSSR count). The number of nitrogens with one attached hydrogen (secondary N) is 3. The zero-order chi connectivity index (χ0) is 22.1. The minimum absolute atomic E-state index is 0.453. The Balaban J connectivity index is 1.17. The Hall–Kier alpha value is -2.12. The second-order valence-electron chi connectivity index (χ2n) is 9.48. The summed E-state index contributed by atoms with van der Waals surface area (Å²) in [6, 6.07) is 7.42. The van der Waals surface area contributed by atoms with Gasteiger partial charge in [-0.1, -0.05) is 15.9 Å². The van der Waals surface area contributed by atoms with E-state index in [-0.39, 0.29) is 0 Å². The standard InChI is InChI=1S/C25H33BrN6/c1-32(2)24-20-5-3-4-6-23(20)30-25(31-24)29-19-10-8-18(9-11-19)27-14-16-15-28-22-12-7-17(26)13-21(16)22/h7,12-13,15,18-19,27-28H,3-6,8-11,14H2,1-2H3,(H,29,30,31)/t18-,19+. The van der Waals surface area contributed by atoms with Crippen LogP contribution < -0.4 is 15.5 Å². The van der Waals surface area contributed by atoms with Gasteiger partial charge in [0, 0.05) is 59.9 Å². The van der Waals surface area contributed by atoms with E-state index in [1.165, 1.54) is 53.4 Å². The van der Waals surface area contributed by atoms with Crippen LogP contribution >= 0.6 is 15.9 Å². The van der Waals surface area contributed by atoms with E-state index < -0.39 is 0 Å². The van der Waals surface area contributed by atoms with Crippen LogP contribution in [0.2, 0.25) is 0 Å². The number of fused-ring (bicyclic) bond motifs is 2. The fraction of sp³-hybridized carbons (Fsp3) is 0.520. The molecule has 7 heteroatoms. The molecule has 2 aliphatic carbocycles. The van der Waals surface area contributed by atoms with Crippen LogP contribution in [0.5, 0.6) is 0 Å². The summed E-state index contributed by atoms with van der Waals surface area (Å²) in [5.74, 6) is 1.91. The van der Waals surface area contributed by atoms with Crippen LogP contribution in [0, 0.1) is 0 Å². The molecule has 0 saturated heterocycles. The molecule has 0 radical (unpaired) electrons. The molecule has 170 valence electrons. The van der Waals surface area contributed by atoms with Gasteiger partial charge in [0.2, 0.25) is 5.95 Å². The van der Waals surface area contributed by atoms with Gasteiger partial charge in [-0.3, -0.25) is 0 Å². The Morgan fingerprint density at radius 1 is 1.06 bits per heavy atom. The summed E-state index contributed by atoms with van der Waals surface area (Å²) in [7, 11) is 4.18. The molecule has 1 saturated carbocycles. The number of H-pyrrole nitrogens is 1. The van der Waals surface area contributed by atoms with Gasteiger partial charge < -0.3 is 20.5 Å². The van der Waals surface area contributed by atoms with Gasteiger partial charge in [-0.2, -0.15) is 4.98 Å². The van der Waals surface area contributed by atoms with E-state index in [4.69, 9.17) is 9.97 Å². The topological polar surface area (TPSA) is 68.9 Å². The molecule has 2 aliphatic rings. The highest BCUT2D eigenvalue weighted by Gasteiger charge is 2.24. The molecule has 6 nitrogen and oxygen atoms in total. The van der Waals surface area contributed by atoms with Gasteiger partial charge in [0.15, 0.2) is 0 Å². The highest BCUT2D eigenvalue weighted by atomic mass is 79.9. The minimum Gasteiger partial charge on any atom is -0.362 e. The third-order valence-corrected chi connectivity index (χ3v) is 7.45. The largest absolute Gasteiger partial charge is 0.362 e. The molecule has 1 aromatic carbocycles. The van der Waals surface area contributed by atoms with Gasteiger partial charge in [0.1, 0.15) is 5.82 Å². The number of benzene rings is 1. The third-order valence-electron chi connectivity index (χ3n) is 6.96. The second kappa shape index (κ2) is 9.40. The number of hydrogen-bond acceptors (Lipinski definition) is 5. The summed E-state index contributed by atoms with van der Waals surface area (Å²) in [5, 5.41) is 8.74. The summed E-state index contributed by atoms with van der Waals surface area (Å²) in [6.07, 6.45) is 11.4. The van der Waals surface area contributed by atoms with Crippen LogP contribution in [0.1, 0.15) is 55.3 Å². The van der Waals surface area contributed by atoms with Crippen molar-refractivity contribution in [3.63, 3.8) is 0 Å². The number of nitrogens with zero attached hydrogens (tertiary/aromatic N) is 3. The monoisotopic (exact) mass is 496 g/mol. The van der Waals surface area contributed by atoms with E-state index in [0.717, 1.165) is 48.5 Å². The van der Waals surface area contributed by atoms with Gasteiger partial charge in [0.05, 0.1) is 5.69 Å². The van der Waals surface area contributed by atoms with Crippen molar-refractivity contribution in [3.05, 3.63) is 45.7 Å². The lowest BCUT2D eigenvalue weighted by Gasteiger charge is -2.30. The molecule has 0 bridgehead atoms. The zero-order valence-corrected chi connectivity index (χ0v) is 20.6. The van der Waals surface area contributed by atoms with Crippen molar-refractivity contribution < 1.29 is 0 Å². The average Bonchev–Trinajstić information content (AvgIpc) is 3.20. The number of aromatic nitrogens is 3. The highest BCUT2D eigenvalue weighted by molar-refractivity contribution is 9.10. The predicted octanol–water partition coefficient (Wildman–Crippen LogP) is 5.18. The summed E-state index contributed by atoms with van der Waals surface area (Å²) < 4.78 is 1.12. The summed E-state index contributed by atoms with van der Waals surface area (Å²) >= 11 is 3.59. The molecule has 2 heterocycles. The Morgan fingerprint density at radius 3 is 2.66 bits per heavy atom. The average molecular weight is 497 g/mol. The van der Waals surface area contributed by atoms with Gasteiger partial charge in [0.25, 0.3) is 0 Å². The van der Waals surface area contributed by atoms with E-state index in [1.807, 2.05) is 0 Å². The Labute approximate surface area is 198 Å². The predicted molar refractivity (Wildman–Crippen MR) is 136 cm³/mol. The Morgan fingerprint density at radius 2 is 1.84 bits per heavy atom. The number of aromatic amines is 1. The van der Waals surface area contributed by atoms with Crippen molar-refractivity contribution in [2.24, 2.45) is 0 Å².